The van der Waals surface area contributed by atoms with Gasteiger partial charge in [0.1, 0.15) is 58.5 Å². The Kier molecular flexibility index (Phi) is 10.7. The third-order valence-corrected chi connectivity index (χ3v) is 11.0. The van der Waals surface area contributed by atoms with Crippen molar-refractivity contribution in [1.29, 1.82) is 0 Å². The molecule has 2 aromatic rings. The van der Waals surface area contributed by atoms with Crippen LogP contribution in [0.1, 0.15) is 81.2 Å². The second-order valence-corrected chi connectivity index (χ2v) is 15.9. The summed E-state index contributed by atoms with van der Waals surface area (Å²) >= 11 is 0. The van der Waals surface area contributed by atoms with Gasteiger partial charge in [-0.25, -0.2) is 32.1 Å². The number of aromatic nitrogens is 2. The fraction of sp³-hybridized carbons (Fsp3) is 0.579. The maximum Gasteiger partial charge on any atom is 0.407 e. The molecule has 2 aromatic heterocycles. The minimum Gasteiger partial charge on any atom is -0.463 e. The number of allylic oxidation sites excluding steroid dienone is 1. The highest BCUT2D eigenvalue weighted by Crippen LogP contribution is 2.44. The summed E-state index contributed by atoms with van der Waals surface area (Å²) in [6.07, 6.45) is 2.57. The van der Waals surface area contributed by atoms with E-state index in [4.69, 9.17) is 9.15 Å². The first-order valence-corrected chi connectivity index (χ1v) is 19.0. The van der Waals surface area contributed by atoms with Crippen LogP contribution in [-0.4, -0.2) is 113 Å². The number of carbonyl (C=O) groups is 4. The van der Waals surface area contributed by atoms with Crippen LogP contribution in [0, 0.1) is 17.8 Å². The number of amidine groups is 1. The number of nitrogens with one attached hydrogen (secondary N) is 4. The second-order valence-electron chi connectivity index (χ2n) is 15.9. The number of imidazole rings is 1. The molecule has 58 heavy (non-hydrogen) atoms. The zero-order chi connectivity index (χ0) is 41.8. The molecule has 4 N–H and O–H groups in total. The summed E-state index contributed by atoms with van der Waals surface area (Å²) in [5.74, 6) is -6.16. The molecule has 2 fully saturated rings. The number of furan rings is 1. The van der Waals surface area contributed by atoms with Gasteiger partial charge < -0.3 is 49.4 Å². The molecule has 5 aliphatic rings. The van der Waals surface area contributed by atoms with E-state index in [-0.39, 0.29) is 24.1 Å². The Bertz CT molecular complexity index is 2060. The molecule has 1 aliphatic carbocycles. The van der Waals surface area contributed by atoms with Gasteiger partial charge in [0.05, 0.1) is 52.1 Å². The molecular weight excluding hydrogens is 772 g/mol. The van der Waals surface area contributed by atoms with Crippen molar-refractivity contribution in [2.24, 2.45) is 22.7 Å². The predicted molar refractivity (Wildman–Crippen MR) is 197 cm³/mol. The summed E-state index contributed by atoms with van der Waals surface area (Å²) in [6, 6.07) is -2.99. The van der Waals surface area contributed by atoms with Crippen LogP contribution in [0.15, 0.2) is 33.5 Å². The monoisotopic (exact) mass is 818 g/mol. The number of alkyl carbamates (subject to hydrolysis) is 2. The Morgan fingerprint density at radius 1 is 0.914 bits per heavy atom. The molecule has 7 rings (SSSR count). The molecule has 0 radical (unpaired) electrons. The van der Waals surface area contributed by atoms with Gasteiger partial charge in [0.25, 0.3) is 11.8 Å². The van der Waals surface area contributed by atoms with Gasteiger partial charge in [0, 0.05) is 30.7 Å². The lowest BCUT2D eigenvalue weighted by Crippen LogP contribution is -2.55. The number of amides is 4. The van der Waals surface area contributed by atoms with E-state index < -0.39 is 104 Å². The summed E-state index contributed by atoms with van der Waals surface area (Å²) in [6.45, 7) is 5.28. The Morgan fingerprint density at radius 3 is 2.09 bits per heavy atom. The molecule has 314 valence electrons. The molecule has 4 aliphatic heterocycles. The van der Waals surface area contributed by atoms with Gasteiger partial charge in [-0.15, -0.1) is 0 Å². The average molecular weight is 819 g/mol. The summed E-state index contributed by atoms with van der Waals surface area (Å²) in [5.41, 5.74) is 1.17. The SMILES string of the molecule is COC(=O)N[C@H](C(=O)N1CC(F)(F)C[C@H]1C1=NCC(c2cc3c(o2)CC2C=C(c4cnc([C@@H]5CC(F)(F)CN5C(=O)[C@@H](NC(=O)OC)C(C)C)[nH]4)OC2=C3)N1)C(C)C. The molecular formula is C38H46F4N8O8. The fourth-order valence-corrected chi connectivity index (χ4v) is 8.01. The molecule has 20 heteroatoms. The van der Waals surface area contributed by atoms with E-state index in [0.717, 1.165) is 29.6 Å². The zero-order valence-corrected chi connectivity index (χ0v) is 32.7. The number of carbonyl (C=O) groups excluding carboxylic acids is 4. The van der Waals surface area contributed by atoms with Crippen LogP contribution in [0.3, 0.4) is 0 Å². The van der Waals surface area contributed by atoms with E-state index in [2.05, 4.69) is 40.4 Å². The quantitative estimate of drug-likeness (QED) is 0.248. The first kappa shape index (κ1) is 40.6. The number of hydrogen-bond acceptors (Lipinski definition) is 11. The van der Waals surface area contributed by atoms with Crippen molar-refractivity contribution < 1.29 is 55.4 Å². The zero-order valence-electron chi connectivity index (χ0n) is 32.7. The van der Waals surface area contributed by atoms with Crippen molar-refractivity contribution in [3.8, 4) is 0 Å². The van der Waals surface area contributed by atoms with Gasteiger partial charge in [-0.1, -0.05) is 27.7 Å². The Hall–Kier alpha value is -5.56. The van der Waals surface area contributed by atoms with Gasteiger partial charge in [0.15, 0.2) is 0 Å². The largest absolute Gasteiger partial charge is 0.463 e. The Morgan fingerprint density at radius 2 is 1.50 bits per heavy atom. The van der Waals surface area contributed by atoms with Crippen LogP contribution < -0.4 is 16.0 Å². The fourth-order valence-electron chi connectivity index (χ4n) is 8.01. The number of fused-ring (bicyclic) bond motifs is 2. The van der Waals surface area contributed by atoms with E-state index >= 15 is 0 Å². The Labute approximate surface area is 330 Å². The summed E-state index contributed by atoms with van der Waals surface area (Å²) in [7, 11) is 2.30. The highest BCUT2D eigenvalue weighted by molar-refractivity contribution is 5.95. The number of rotatable bonds is 10. The van der Waals surface area contributed by atoms with Crippen LogP contribution in [-0.2, 0) is 30.2 Å². The van der Waals surface area contributed by atoms with E-state index in [0.29, 0.717) is 35.2 Å². The number of likely N-dealkylation sites (tertiary alicyclic amines) is 2. The molecule has 0 saturated carbocycles. The van der Waals surface area contributed by atoms with Crippen LogP contribution >= 0.6 is 0 Å². The van der Waals surface area contributed by atoms with Gasteiger partial charge in [-0.3, -0.25) is 14.6 Å². The topological polar surface area (TPSA) is 193 Å². The molecule has 2 saturated heterocycles. The smallest absolute Gasteiger partial charge is 0.407 e. The number of halogens is 4. The van der Waals surface area contributed by atoms with Crippen LogP contribution in [0.4, 0.5) is 27.2 Å². The number of aliphatic imine (C=N–C) groups is 1. The van der Waals surface area contributed by atoms with Crippen LogP contribution in [0.5, 0.6) is 0 Å². The predicted octanol–water partition coefficient (Wildman–Crippen LogP) is 4.54. The maximum absolute atomic E-state index is 14.8. The van der Waals surface area contributed by atoms with E-state index in [1.165, 1.54) is 6.20 Å². The molecule has 0 bridgehead atoms. The van der Waals surface area contributed by atoms with Gasteiger partial charge >= 0.3 is 12.2 Å². The van der Waals surface area contributed by atoms with Crippen LogP contribution in [0.2, 0.25) is 0 Å². The van der Waals surface area contributed by atoms with Crippen LogP contribution in [0.25, 0.3) is 11.8 Å². The van der Waals surface area contributed by atoms with Crippen molar-refractivity contribution in [3.63, 3.8) is 0 Å². The van der Waals surface area contributed by atoms with Crippen molar-refractivity contribution in [2.45, 2.75) is 89.0 Å². The number of hydrogen-bond donors (Lipinski definition) is 4. The van der Waals surface area contributed by atoms with Crippen molar-refractivity contribution >= 4 is 41.7 Å². The highest BCUT2D eigenvalue weighted by atomic mass is 19.3. The molecule has 0 spiro atoms. The molecule has 6 heterocycles. The number of methoxy groups -OCH3 is 2. The first-order chi connectivity index (χ1) is 27.4. The number of H-pyrrole nitrogens is 1. The minimum absolute atomic E-state index is 0.142. The number of aromatic amines is 1. The normalized spacial score (nSPS) is 25.2. The average Bonchev–Trinajstić information content (AvgIpc) is 4.02. The second kappa shape index (κ2) is 15.3. The number of ether oxygens (including phenoxy) is 3. The minimum atomic E-state index is -3.19. The molecule has 4 amide bonds. The van der Waals surface area contributed by atoms with E-state index in [9.17, 15) is 36.7 Å². The number of alkyl halides is 4. The van der Waals surface area contributed by atoms with Gasteiger partial charge in [0.2, 0.25) is 11.8 Å². The lowest BCUT2D eigenvalue weighted by atomic mass is 9.94. The van der Waals surface area contributed by atoms with E-state index in [1.807, 2.05) is 18.2 Å². The lowest BCUT2D eigenvalue weighted by molar-refractivity contribution is -0.137. The van der Waals surface area contributed by atoms with Crippen molar-refractivity contribution in [1.82, 2.24) is 35.7 Å². The van der Waals surface area contributed by atoms with E-state index in [1.54, 1.807) is 27.7 Å². The van der Waals surface area contributed by atoms with Gasteiger partial charge in [-0.05, 0) is 30.1 Å². The lowest BCUT2D eigenvalue weighted by Gasteiger charge is -2.30. The molecule has 6 atom stereocenters. The van der Waals surface area contributed by atoms with Crippen molar-refractivity contribution in [2.75, 3.05) is 33.9 Å². The standard InChI is InChI=1S/C38H46F4N8O8/c1-17(2)29(47-35(53)55-5)33(51)49-15-37(39,40)11-23(49)31-43-13-21(45-31)27-9-19-7-26-20(8-25(19)57-27)10-28(58-26)22-14-44-32(46-22)24-12-38(41,42)16-50(24)34(52)30(18(3)4)48-36(54)56-6/h7,9-10,14,17-18,20-21,23-24,29-30H,8,11-13,15-16H2,1-6H3,(H,43,45)(H,44,46)(H,47,53)(H,48,54)/t20?,21?,23-,24-,29-,30-/m0/s1. The third-order valence-electron chi connectivity index (χ3n) is 11.0. The highest BCUT2D eigenvalue weighted by Gasteiger charge is 2.52. The van der Waals surface area contributed by atoms with Gasteiger partial charge in [-0.2, -0.15) is 0 Å². The number of nitrogens with zero attached hydrogens (tertiary/aromatic N) is 4. The molecule has 2 unspecified atom stereocenters. The van der Waals surface area contributed by atoms with Crippen molar-refractivity contribution in [3.05, 3.63) is 52.7 Å². The maximum atomic E-state index is 14.8. The molecule has 16 nitrogen and oxygen atoms in total. The molecule has 0 aromatic carbocycles. The Balaban J connectivity index is 1.01. The first-order valence-electron chi connectivity index (χ1n) is 19.0. The summed E-state index contributed by atoms with van der Waals surface area (Å²) in [4.78, 5) is 64.9. The third kappa shape index (κ3) is 7.96. The summed E-state index contributed by atoms with van der Waals surface area (Å²) in [5, 5.41) is 8.09. The summed E-state index contributed by atoms with van der Waals surface area (Å²) < 4.78 is 81.0.